The first-order valence-electron chi connectivity index (χ1n) is 6.72. The van der Waals surface area contributed by atoms with Crippen molar-refractivity contribution in [2.24, 2.45) is 0 Å². The predicted octanol–water partition coefficient (Wildman–Crippen LogP) is 4.90. The average Bonchev–Trinajstić information content (AvgIpc) is 2.47. The van der Waals surface area contributed by atoms with Gasteiger partial charge in [-0.2, -0.15) is 0 Å². The highest BCUT2D eigenvalue weighted by atomic mass is 32.2. The summed E-state index contributed by atoms with van der Waals surface area (Å²) in [6.45, 7) is 4.41. The van der Waals surface area contributed by atoms with Crippen LogP contribution in [0.1, 0.15) is 25.3 Å². The van der Waals surface area contributed by atoms with E-state index in [0.717, 1.165) is 16.1 Å². The molecule has 0 aliphatic carbocycles. The van der Waals surface area contributed by atoms with Gasteiger partial charge in [-0.1, -0.05) is 44.2 Å². The Kier molecular flexibility index (Phi) is 3.70. The van der Waals surface area contributed by atoms with Crippen molar-refractivity contribution in [3.05, 3.63) is 60.3 Å². The van der Waals surface area contributed by atoms with E-state index in [0.29, 0.717) is 5.92 Å². The number of aromatic nitrogens is 2. The Balaban J connectivity index is 1.90. The molecule has 0 spiro atoms. The Morgan fingerprint density at radius 1 is 1.00 bits per heavy atom. The third kappa shape index (κ3) is 2.83. The molecule has 2 aromatic carbocycles. The van der Waals surface area contributed by atoms with Crippen molar-refractivity contribution in [3.63, 3.8) is 0 Å². The number of nitrogens with zero attached hydrogens (tertiary/aromatic N) is 2. The quantitative estimate of drug-likeness (QED) is 0.638. The van der Waals surface area contributed by atoms with Crippen molar-refractivity contribution in [2.75, 3.05) is 0 Å². The Morgan fingerprint density at radius 2 is 1.85 bits per heavy atom. The largest absolute Gasteiger partial charge is 0.230 e. The second-order valence-electron chi connectivity index (χ2n) is 5.04. The number of benzene rings is 2. The molecule has 3 aromatic rings. The van der Waals surface area contributed by atoms with Crippen LogP contribution in [0.5, 0.6) is 0 Å². The van der Waals surface area contributed by atoms with Gasteiger partial charge in [0.15, 0.2) is 5.16 Å². The highest BCUT2D eigenvalue weighted by molar-refractivity contribution is 7.99. The molecular weight excluding hydrogens is 264 g/mol. The zero-order chi connectivity index (χ0) is 13.9. The molecule has 0 radical (unpaired) electrons. The molecule has 0 atom stereocenters. The lowest BCUT2D eigenvalue weighted by Gasteiger charge is -2.07. The summed E-state index contributed by atoms with van der Waals surface area (Å²) in [4.78, 5) is 10.2. The molecule has 100 valence electrons. The van der Waals surface area contributed by atoms with E-state index in [1.54, 1.807) is 11.8 Å². The van der Waals surface area contributed by atoms with E-state index in [1.807, 2.05) is 30.5 Å². The Labute approximate surface area is 123 Å². The molecule has 0 unspecified atom stereocenters. The minimum Gasteiger partial charge on any atom is -0.230 e. The van der Waals surface area contributed by atoms with Crippen LogP contribution < -0.4 is 0 Å². The normalized spacial score (nSPS) is 11.2. The van der Waals surface area contributed by atoms with Gasteiger partial charge >= 0.3 is 0 Å². The molecule has 0 saturated carbocycles. The zero-order valence-corrected chi connectivity index (χ0v) is 12.4. The number of fused-ring (bicyclic) bond motifs is 1. The van der Waals surface area contributed by atoms with Crippen LogP contribution in [0.25, 0.3) is 10.9 Å². The van der Waals surface area contributed by atoms with Crippen LogP contribution in [-0.4, -0.2) is 9.97 Å². The second kappa shape index (κ2) is 5.63. The van der Waals surface area contributed by atoms with Crippen LogP contribution in [0.3, 0.4) is 0 Å². The van der Waals surface area contributed by atoms with Gasteiger partial charge in [0.2, 0.25) is 0 Å². The first kappa shape index (κ1) is 13.1. The Hall–Kier alpha value is -1.87. The SMILES string of the molecule is CC(C)c1cccc(Sc2ncc3ccccc3n2)c1. The third-order valence-electron chi connectivity index (χ3n) is 3.20. The van der Waals surface area contributed by atoms with Crippen molar-refractivity contribution in [1.29, 1.82) is 0 Å². The molecule has 0 N–H and O–H groups in total. The summed E-state index contributed by atoms with van der Waals surface area (Å²) in [5.41, 5.74) is 2.33. The lowest BCUT2D eigenvalue weighted by atomic mass is 10.0. The summed E-state index contributed by atoms with van der Waals surface area (Å²) >= 11 is 1.61. The summed E-state index contributed by atoms with van der Waals surface area (Å²) in [6, 6.07) is 16.6. The highest BCUT2D eigenvalue weighted by Crippen LogP contribution is 2.28. The standard InChI is InChI=1S/C17H16N2S/c1-12(2)13-7-5-8-15(10-13)20-17-18-11-14-6-3-4-9-16(14)19-17/h3-12H,1-2H3. The molecule has 20 heavy (non-hydrogen) atoms. The van der Waals surface area contributed by atoms with Gasteiger partial charge in [0.05, 0.1) is 5.52 Å². The molecule has 0 aliphatic heterocycles. The average molecular weight is 280 g/mol. The predicted molar refractivity (Wildman–Crippen MR) is 84.2 cm³/mol. The minimum absolute atomic E-state index is 0.535. The maximum atomic E-state index is 4.60. The van der Waals surface area contributed by atoms with Crippen molar-refractivity contribution in [3.8, 4) is 0 Å². The first-order valence-corrected chi connectivity index (χ1v) is 7.53. The van der Waals surface area contributed by atoms with Gasteiger partial charge in [0, 0.05) is 16.5 Å². The van der Waals surface area contributed by atoms with Crippen LogP contribution in [0.2, 0.25) is 0 Å². The molecule has 2 nitrogen and oxygen atoms in total. The third-order valence-corrected chi connectivity index (χ3v) is 4.07. The van der Waals surface area contributed by atoms with Gasteiger partial charge in [0.1, 0.15) is 0 Å². The topological polar surface area (TPSA) is 25.8 Å². The Morgan fingerprint density at radius 3 is 2.70 bits per heavy atom. The van der Waals surface area contributed by atoms with Gasteiger partial charge in [-0.05, 0) is 41.4 Å². The Bertz CT molecular complexity index is 738. The fraction of sp³-hybridized carbons (Fsp3) is 0.176. The van der Waals surface area contributed by atoms with E-state index >= 15 is 0 Å². The molecule has 3 heteroatoms. The van der Waals surface area contributed by atoms with E-state index in [9.17, 15) is 0 Å². The van der Waals surface area contributed by atoms with Crippen LogP contribution >= 0.6 is 11.8 Å². The van der Waals surface area contributed by atoms with Crippen molar-refractivity contribution < 1.29 is 0 Å². The van der Waals surface area contributed by atoms with Gasteiger partial charge in [-0.25, -0.2) is 9.97 Å². The fourth-order valence-corrected chi connectivity index (χ4v) is 2.85. The van der Waals surface area contributed by atoms with E-state index < -0.39 is 0 Å². The molecule has 0 amide bonds. The van der Waals surface area contributed by atoms with Gasteiger partial charge in [0.25, 0.3) is 0 Å². The van der Waals surface area contributed by atoms with Crippen LogP contribution in [-0.2, 0) is 0 Å². The van der Waals surface area contributed by atoms with Crippen molar-refractivity contribution in [2.45, 2.75) is 29.8 Å². The summed E-state index contributed by atoms with van der Waals surface area (Å²) in [7, 11) is 0. The fourth-order valence-electron chi connectivity index (χ4n) is 2.05. The van der Waals surface area contributed by atoms with Crippen molar-refractivity contribution >= 4 is 22.7 Å². The summed E-state index contributed by atoms with van der Waals surface area (Å²) in [6.07, 6.45) is 1.89. The van der Waals surface area contributed by atoms with E-state index in [1.165, 1.54) is 10.5 Å². The molecule has 1 aromatic heterocycles. The van der Waals surface area contributed by atoms with Gasteiger partial charge in [-0.15, -0.1) is 0 Å². The number of rotatable bonds is 3. The molecule has 1 heterocycles. The molecule has 0 bridgehead atoms. The summed E-state index contributed by atoms with van der Waals surface area (Å²) in [5.74, 6) is 0.535. The summed E-state index contributed by atoms with van der Waals surface area (Å²) in [5, 5.41) is 1.87. The van der Waals surface area contributed by atoms with Crippen molar-refractivity contribution in [1.82, 2.24) is 9.97 Å². The maximum Gasteiger partial charge on any atom is 0.192 e. The summed E-state index contributed by atoms with van der Waals surface area (Å²) < 4.78 is 0. The van der Waals surface area contributed by atoms with E-state index in [2.05, 4.69) is 48.1 Å². The molecule has 3 rings (SSSR count). The molecule has 0 aliphatic rings. The number of hydrogen-bond acceptors (Lipinski definition) is 3. The lowest BCUT2D eigenvalue weighted by Crippen LogP contribution is -1.89. The van der Waals surface area contributed by atoms with Crippen LogP contribution in [0.15, 0.2) is 64.8 Å². The molecule has 0 saturated heterocycles. The second-order valence-corrected chi connectivity index (χ2v) is 6.08. The zero-order valence-electron chi connectivity index (χ0n) is 11.6. The number of hydrogen-bond donors (Lipinski definition) is 0. The van der Waals surface area contributed by atoms with Crippen LogP contribution in [0.4, 0.5) is 0 Å². The van der Waals surface area contributed by atoms with E-state index in [-0.39, 0.29) is 0 Å². The minimum atomic E-state index is 0.535. The smallest absolute Gasteiger partial charge is 0.192 e. The lowest BCUT2D eigenvalue weighted by molar-refractivity contribution is 0.862. The maximum absolute atomic E-state index is 4.60. The highest BCUT2D eigenvalue weighted by Gasteiger charge is 2.05. The molecular formula is C17H16N2S. The first-order chi connectivity index (χ1) is 9.72. The van der Waals surface area contributed by atoms with E-state index in [4.69, 9.17) is 0 Å². The van der Waals surface area contributed by atoms with Crippen LogP contribution in [0, 0.1) is 0 Å². The molecule has 0 fully saturated rings. The van der Waals surface area contributed by atoms with Gasteiger partial charge in [-0.3, -0.25) is 0 Å². The van der Waals surface area contributed by atoms with Gasteiger partial charge < -0.3 is 0 Å². The monoisotopic (exact) mass is 280 g/mol. The number of para-hydroxylation sites is 1.